The Balaban J connectivity index is 2.74. The van der Waals surface area contributed by atoms with E-state index in [1.54, 1.807) is 19.5 Å². The lowest BCUT2D eigenvalue weighted by atomic mass is 10.2. The molecule has 11 heavy (non-hydrogen) atoms. The second kappa shape index (κ2) is 3.93. The Morgan fingerprint density at radius 2 is 2.36 bits per heavy atom. The van der Waals surface area contributed by atoms with E-state index in [0.29, 0.717) is 6.42 Å². The Kier molecular flexibility index (Phi) is 2.86. The molecule has 0 amide bonds. The first kappa shape index (κ1) is 8.01. The summed E-state index contributed by atoms with van der Waals surface area (Å²) in [5.74, 6) is 0.732. The number of methoxy groups -OCH3 is 1. The van der Waals surface area contributed by atoms with Crippen LogP contribution in [0, 0.1) is 0 Å². The van der Waals surface area contributed by atoms with Gasteiger partial charge < -0.3 is 9.84 Å². The molecule has 0 spiro atoms. The topological polar surface area (TPSA) is 42.4 Å². The summed E-state index contributed by atoms with van der Waals surface area (Å²) in [7, 11) is 1.60. The summed E-state index contributed by atoms with van der Waals surface area (Å²) >= 11 is 0. The van der Waals surface area contributed by atoms with Gasteiger partial charge in [-0.1, -0.05) is 0 Å². The molecule has 0 aliphatic carbocycles. The second-order valence-corrected chi connectivity index (χ2v) is 2.21. The van der Waals surface area contributed by atoms with Crippen LogP contribution in [0.25, 0.3) is 0 Å². The molecule has 60 valence electrons. The standard InChI is InChI=1S/C8H11NO2/c1-11-8-4-7(2-3-10)5-9-6-8/h4-6,10H,2-3H2,1H3. The first-order valence-corrected chi connectivity index (χ1v) is 3.45. The van der Waals surface area contributed by atoms with Crippen molar-refractivity contribution in [3.63, 3.8) is 0 Å². The van der Waals surface area contributed by atoms with Gasteiger partial charge in [-0.3, -0.25) is 4.98 Å². The lowest BCUT2D eigenvalue weighted by Crippen LogP contribution is -1.92. The highest BCUT2D eigenvalue weighted by Gasteiger charge is 1.94. The van der Waals surface area contributed by atoms with Crippen LogP contribution in [0.1, 0.15) is 5.56 Å². The van der Waals surface area contributed by atoms with Gasteiger partial charge in [-0.05, 0) is 18.1 Å². The van der Waals surface area contributed by atoms with Crippen LogP contribution in [0.3, 0.4) is 0 Å². The fourth-order valence-electron chi connectivity index (χ4n) is 0.841. The Morgan fingerprint density at radius 1 is 1.55 bits per heavy atom. The summed E-state index contributed by atoms with van der Waals surface area (Å²) in [5, 5.41) is 8.61. The third kappa shape index (κ3) is 2.20. The number of aromatic nitrogens is 1. The average Bonchev–Trinajstić information content (AvgIpc) is 2.06. The summed E-state index contributed by atoms with van der Waals surface area (Å²) in [6.07, 6.45) is 3.99. The number of aliphatic hydroxyl groups is 1. The highest BCUT2D eigenvalue weighted by Crippen LogP contribution is 2.09. The molecule has 0 aromatic carbocycles. The molecule has 0 atom stereocenters. The quantitative estimate of drug-likeness (QED) is 0.692. The van der Waals surface area contributed by atoms with E-state index >= 15 is 0 Å². The molecular weight excluding hydrogens is 142 g/mol. The van der Waals surface area contributed by atoms with E-state index in [9.17, 15) is 0 Å². The van der Waals surface area contributed by atoms with Gasteiger partial charge in [-0.15, -0.1) is 0 Å². The lowest BCUT2D eigenvalue weighted by molar-refractivity contribution is 0.299. The molecule has 1 rings (SSSR count). The van der Waals surface area contributed by atoms with E-state index < -0.39 is 0 Å². The van der Waals surface area contributed by atoms with Gasteiger partial charge in [0.15, 0.2) is 0 Å². The van der Waals surface area contributed by atoms with Gasteiger partial charge in [0.05, 0.1) is 13.3 Å². The molecule has 0 fully saturated rings. The van der Waals surface area contributed by atoms with E-state index in [1.165, 1.54) is 0 Å². The minimum absolute atomic E-state index is 0.148. The van der Waals surface area contributed by atoms with Crippen molar-refractivity contribution in [2.45, 2.75) is 6.42 Å². The lowest BCUT2D eigenvalue weighted by Gasteiger charge is -2.00. The first-order chi connectivity index (χ1) is 5.36. The van der Waals surface area contributed by atoms with Crippen LogP contribution in [0.15, 0.2) is 18.5 Å². The summed E-state index contributed by atoms with van der Waals surface area (Å²) in [6, 6.07) is 1.86. The van der Waals surface area contributed by atoms with Crippen LogP contribution >= 0.6 is 0 Å². The number of hydrogen-bond donors (Lipinski definition) is 1. The summed E-state index contributed by atoms with van der Waals surface area (Å²) in [4.78, 5) is 3.94. The zero-order chi connectivity index (χ0) is 8.10. The van der Waals surface area contributed by atoms with Crippen molar-refractivity contribution in [3.8, 4) is 5.75 Å². The fraction of sp³-hybridized carbons (Fsp3) is 0.375. The molecule has 1 heterocycles. The zero-order valence-corrected chi connectivity index (χ0v) is 6.45. The number of hydrogen-bond acceptors (Lipinski definition) is 3. The van der Waals surface area contributed by atoms with Crippen LogP contribution in [0.5, 0.6) is 5.75 Å². The number of rotatable bonds is 3. The predicted molar refractivity (Wildman–Crippen MR) is 41.6 cm³/mol. The molecular formula is C8H11NO2. The van der Waals surface area contributed by atoms with Crippen LogP contribution in [0.2, 0.25) is 0 Å². The van der Waals surface area contributed by atoms with Crippen LogP contribution in [-0.2, 0) is 6.42 Å². The van der Waals surface area contributed by atoms with Crippen molar-refractivity contribution in [2.24, 2.45) is 0 Å². The number of nitrogens with zero attached hydrogens (tertiary/aromatic N) is 1. The van der Waals surface area contributed by atoms with Crippen LogP contribution in [-0.4, -0.2) is 23.8 Å². The molecule has 0 aliphatic heterocycles. The molecule has 0 unspecified atom stereocenters. The van der Waals surface area contributed by atoms with Crippen molar-refractivity contribution < 1.29 is 9.84 Å². The van der Waals surface area contributed by atoms with Crippen molar-refractivity contribution in [1.82, 2.24) is 4.98 Å². The molecule has 0 saturated carbocycles. The van der Waals surface area contributed by atoms with Crippen molar-refractivity contribution in [2.75, 3.05) is 13.7 Å². The van der Waals surface area contributed by atoms with E-state index in [-0.39, 0.29) is 6.61 Å². The third-order valence-electron chi connectivity index (χ3n) is 1.41. The molecule has 0 radical (unpaired) electrons. The Morgan fingerprint density at radius 3 is 3.00 bits per heavy atom. The van der Waals surface area contributed by atoms with E-state index in [1.807, 2.05) is 6.07 Å². The van der Waals surface area contributed by atoms with E-state index in [2.05, 4.69) is 4.98 Å². The van der Waals surface area contributed by atoms with Gasteiger partial charge in [-0.2, -0.15) is 0 Å². The minimum Gasteiger partial charge on any atom is -0.495 e. The summed E-state index contributed by atoms with van der Waals surface area (Å²) in [6.45, 7) is 0.148. The van der Waals surface area contributed by atoms with E-state index in [4.69, 9.17) is 9.84 Å². The highest BCUT2D eigenvalue weighted by atomic mass is 16.5. The van der Waals surface area contributed by atoms with Crippen LogP contribution < -0.4 is 4.74 Å². The molecule has 0 saturated heterocycles. The highest BCUT2D eigenvalue weighted by molar-refractivity contribution is 5.23. The van der Waals surface area contributed by atoms with Gasteiger partial charge in [0.25, 0.3) is 0 Å². The van der Waals surface area contributed by atoms with Crippen molar-refractivity contribution >= 4 is 0 Å². The van der Waals surface area contributed by atoms with Crippen molar-refractivity contribution in [3.05, 3.63) is 24.0 Å². The molecule has 0 aliphatic rings. The normalized spacial score (nSPS) is 9.64. The second-order valence-electron chi connectivity index (χ2n) is 2.21. The Bertz CT molecular complexity index is 225. The maximum atomic E-state index is 8.61. The molecule has 1 aromatic heterocycles. The molecule has 3 nitrogen and oxygen atoms in total. The van der Waals surface area contributed by atoms with E-state index in [0.717, 1.165) is 11.3 Å². The van der Waals surface area contributed by atoms with Gasteiger partial charge in [-0.25, -0.2) is 0 Å². The van der Waals surface area contributed by atoms with Gasteiger partial charge >= 0.3 is 0 Å². The van der Waals surface area contributed by atoms with Crippen LogP contribution in [0.4, 0.5) is 0 Å². The van der Waals surface area contributed by atoms with Crippen molar-refractivity contribution in [1.29, 1.82) is 0 Å². The van der Waals surface area contributed by atoms with Gasteiger partial charge in [0.2, 0.25) is 0 Å². The summed E-state index contributed by atoms with van der Waals surface area (Å²) < 4.78 is 4.96. The maximum Gasteiger partial charge on any atom is 0.137 e. The average molecular weight is 153 g/mol. The predicted octanol–water partition coefficient (Wildman–Crippen LogP) is 0.625. The SMILES string of the molecule is COc1cncc(CCO)c1. The van der Waals surface area contributed by atoms with Gasteiger partial charge in [0.1, 0.15) is 5.75 Å². The Labute approximate surface area is 65.7 Å². The monoisotopic (exact) mass is 153 g/mol. The smallest absolute Gasteiger partial charge is 0.137 e. The minimum atomic E-state index is 0.148. The number of pyridine rings is 1. The Hall–Kier alpha value is -1.09. The number of ether oxygens (including phenoxy) is 1. The molecule has 3 heteroatoms. The first-order valence-electron chi connectivity index (χ1n) is 3.45. The third-order valence-corrected chi connectivity index (χ3v) is 1.41. The fourth-order valence-corrected chi connectivity index (χ4v) is 0.841. The zero-order valence-electron chi connectivity index (χ0n) is 6.45. The summed E-state index contributed by atoms with van der Waals surface area (Å²) in [5.41, 5.74) is 0.992. The maximum absolute atomic E-state index is 8.61. The molecule has 1 N–H and O–H groups in total. The number of aliphatic hydroxyl groups excluding tert-OH is 1. The molecule has 1 aromatic rings. The van der Waals surface area contributed by atoms with Gasteiger partial charge in [0, 0.05) is 12.8 Å². The largest absolute Gasteiger partial charge is 0.495 e. The molecule has 0 bridgehead atoms.